The van der Waals surface area contributed by atoms with E-state index in [1.165, 1.54) is 82.6 Å². The molecule has 0 aliphatic heterocycles. The highest BCUT2D eigenvalue weighted by Gasteiger charge is 2.25. The Balaban J connectivity index is 1.34. The third-order valence-electron chi connectivity index (χ3n) is 7.34. The molecule has 0 bridgehead atoms. The Hall–Kier alpha value is -1.11. The first-order valence-corrected chi connectivity index (χ1v) is 11.6. The van der Waals surface area contributed by atoms with Crippen LogP contribution in [-0.4, -0.2) is 0 Å². The highest BCUT2D eigenvalue weighted by molar-refractivity contribution is 5.25. The van der Waals surface area contributed by atoms with Crippen molar-refractivity contribution < 1.29 is 4.39 Å². The summed E-state index contributed by atoms with van der Waals surface area (Å²) in [7, 11) is 0. The van der Waals surface area contributed by atoms with E-state index in [1.807, 2.05) is 0 Å². The van der Waals surface area contributed by atoms with E-state index in [9.17, 15) is 4.39 Å². The Bertz CT molecular complexity index is 542. The number of halogens is 1. The van der Waals surface area contributed by atoms with Crippen LogP contribution in [0.3, 0.4) is 0 Å². The fraction of sp³-hybridized carbons (Fsp3) is 0.692. The van der Waals surface area contributed by atoms with Crippen molar-refractivity contribution in [2.45, 2.75) is 96.3 Å². The van der Waals surface area contributed by atoms with E-state index in [0.717, 1.165) is 36.4 Å². The van der Waals surface area contributed by atoms with Crippen LogP contribution in [0.2, 0.25) is 0 Å². The highest BCUT2D eigenvalue weighted by atomic mass is 19.1. The average molecular weight is 371 g/mol. The van der Waals surface area contributed by atoms with Gasteiger partial charge < -0.3 is 0 Å². The molecule has 2 aliphatic carbocycles. The molecule has 2 fully saturated rings. The molecule has 0 nitrogen and oxygen atoms in total. The maximum atomic E-state index is 12.2. The summed E-state index contributed by atoms with van der Waals surface area (Å²) in [6.45, 7) is 2.25. The minimum Gasteiger partial charge on any atom is -0.216 e. The monoisotopic (exact) mass is 370 g/mol. The molecule has 0 amide bonds. The Morgan fingerprint density at radius 3 is 1.93 bits per heavy atom. The van der Waals surface area contributed by atoms with Gasteiger partial charge in [-0.2, -0.15) is 0 Å². The molecule has 0 saturated heterocycles. The minimum absolute atomic E-state index is 0.724. The molecule has 0 unspecified atom stereocenters. The molecule has 27 heavy (non-hydrogen) atoms. The zero-order chi connectivity index (χ0) is 18.9. The Morgan fingerprint density at radius 1 is 0.815 bits per heavy atom. The van der Waals surface area contributed by atoms with Crippen molar-refractivity contribution >= 4 is 0 Å². The molecule has 0 N–H and O–H groups in total. The second-order valence-electron chi connectivity index (χ2n) is 9.27. The van der Waals surface area contributed by atoms with Crippen molar-refractivity contribution in [3.05, 3.63) is 47.8 Å². The smallest absolute Gasteiger partial charge is 0.0827 e. The maximum absolute atomic E-state index is 12.2. The molecule has 0 aromatic heterocycles. The summed E-state index contributed by atoms with van der Waals surface area (Å²) in [5.41, 5.74) is 3.07. The lowest BCUT2D eigenvalue weighted by Gasteiger charge is -2.32. The molecule has 3 rings (SSSR count). The Morgan fingerprint density at radius 2 is 1.37 bits per heavy atom. The van der Waals surface area contributed by atoms with Gasteiger partial charge in [-0.15, -0.1) is 0 Å². The van der Waals surface area contributed by atoms with Gasteiger partial charge in [-0.3, -0.25) is 0 Å². The normalized spacial score (nSPS) is 29.3. The summed E-state index contributed by atoms with van der Waals surface area (Å²) in [6.07, 6.45) is 19.7. The number of allylic oxidation sites excluding steroid dienone is 1. The van der Waals surface area contributed by atoms with Crippen LogP contribution in [0.15, 0.2) is 36.7 Å². The van der Waals surface area contributed by atoms with Gasteiger partial charge in [0.2, 0.25) is 0 Å². The van der Waals surface area contributed by atoms with E-state index < -0.39 is 0 Å². The van der Waals surface area contributed by atoms with Crippen LogP contribution < -0.4 is 0 Å². The molecule has 1 aromatic rings. The van der Waals surface area contributed by atoms with E-state index in [0.29, 0.717) is 0 Å². The fourth-order valence-corrected chi connectivity index (χ4v) is 5.50. The van der Waals surface area contributed by atoms with E-state index >= 15 is 0 Å². The first kappa shape index (κ1) is 20.6. The fourth-order valence-electron chi connectivity index (χ4n) is 5.50. The summed E-state index contributed by atoms with van der Waals surface area (Å²) in [4.78, 5) is 0. The lowest BCUT2D eigenvalue weighted by molar-refractivity contribution is 0.231. The molecule has 2 aliphatic rings. The third kappa shape index (κ3) is 6.47. The molecule has 1 aromatic carbocycles. The van der Waals surface area contributed by atoms with Gasteiger partial charge in [0, 0.05) is 0 Å². The lowest BCUT2D eigenvalue weighted by atomic mass is 9.74. The molecular formula is C26H39F. The molecule has 0 spiro atoms. The van der Waals surface area contributed by atoms with Crippen LogP contribution in [-0.2, 0) is 6.42 Å². The van der Waals surface area contributed by atoms with Gasteiger partial charge in [-0.1, -0.05) is 69.4 Å². The van der Waals surface area contributed by atoms with Crippen LogP contribution >= 0.6 is 0 Å². The Kier molecular flexibility index (Phi) is 8.42. The maximum Gasteiger partial charge on any atom is 0.0827 e. The summed E-state index contributed by atoms with van der Waals surface area (Å²) in [5, 5.41) is 0. The quantitative estimate of drug-likeness (QED) is 0.431. The molecular weight excluding hydrogens is 331 g/mol. The van der Waals surface area contributed by atoms with Crippen molar-refractivity contribution in [1.29, 1.82) is 0 Å². The largest absolute Gasteiger partial charge is 0.216 e. The predicted octanol–water partition coefficient (Wildman–Crippen LogP) is 8.37. The van der Waals surface area contributed by atoms with Gasteiger partial charge in [0.15, 0.2) is 0 Å². The van der Waals surface area contributed by atoms with E-state index in [-0.39, 0.29) is 0 Å². The third-order valence-corrected chi connectivity index (χ3v) is 7.34. The van der Waals surface area contributed by atoms with Crippen LogP contribution in [0.25, 0.3) is 0 Å². The molecule has 150 valence electrons. The van der Waals surface area contributed by atoms with Crippen molar-refractivity contribution in [3.8, 4) is 0 Å². The average Bonchev–Trinajstić information content (AvgIpc) is 2.73. The van der Waals surface area contributed by atoms with Crippen LogP contribution in [0.4, 0.5) is 4.39 Å². The van der Waals surface area contributed by atoms with Crippen molar-refractivity contribution in [2.24, 2.45) is 17.8 Å². The van der Waals surface area contributed by atoms with Crippen LogP contribution in [0.1, 0.15) is 101 Å². The SMILES string of the molecule is CCCc1ccc([C@H]2CC[C@H](CC[C@H]3CC[C@H](C/C=C/F)CC3)CC2)cc1. The van der Waals surface area contributed by atoms with Gasteiger partial charge in [0.1, 0.15) is 0 Å². The summed E-state index contributed by atoms with van der Waals surface area (Å²) in [6, 6.07) is 9.49. The first-order valence-electron chi connectivity index (χ1n) is 11.6. The number of aryl methyl sites for hydroxylation is 1. The second kappa shape index (κ2) is 11.0. The predicted molar refractivity (Wildman–Crippen MR) is 115 cm³/mol. The van der Waals surface area contributed by atoms with E-state index in [4.69, 9.17) is 0 Å². The van der Waals surface area contributed by atoms with Gasteiger partial charge in [0.05, 0.1) is 6.33 Å². The van der Waals surface area contributed by atoms with Crippen LogP contribution in [0.5, 0.6) is 0 Å². The van der Waals surface area contributed by atoms with Crippen molar-refractivity contribution in [2.75, 3.05) is 0 Å². The lowest BCUT2D eigenvalue weighted by Crippen LogP contribution is -2.17. The van der Waals surface area contributed by atoms with Gasteiger partial charge in [-0.05, 0) is 86.2 Å². The van der Waals surface area contributed by atoms with Gasteiger partial charge in [-0.25, -0.2) is 4.39 Å². The summed E-state index contributed by atoms with van der Waals surface area (Å²) < 4.78 is 12.2. The second-order valence-corrected chi connectivity index (χ2v) is 9.27. The zero-order valence-electron chi connectivity index (χ0n) is 17.3. The van der Waals surface area contributed by atoms with Crippen molar-refractivity contribution in [1.82, 2.24) is 0 Å². The molecule has 0 radical (unpaired) electrons. The van der Waals surface area contributed by atoms with Crippen LogP contribution in [0, 0.1) is 17.8 Å². The standard InChI is InChI=1S/C26H39F/c1-2-4-21-12-16-25(17-13-21)26-18-14-24(15-19-26)11-10-23-8-6-22(7-9-23)5-3-20-27/h3,12-13,16-17,20,22-24,26H,2,4-11,14-15,18-19H2,1H3/b20-3+/t22-,23-,24-,26-. The van der Waals surface area contributed by atoms with Gasteiger partial charge >= 0.3 is 0 Å². The summed E-state index contributed by atoms with van der Waals surface area (Å²) in [5.74, 6) is 3.45. The number of rotatable bonds is 8. The molecule has 1 heteroatoms. The number of benzene rings is 1. The van der Waals surface area contributed by atoms with E-state index in [1.54, 1.807) is 11.6 Å². The molecule has 2 saturated carbocycles. The first-order chi connectivity index (χ1) is 13.3. The Labute approximate surface area is 166 Å². The number of hydrogen-bond acceptors (Lipinski definition) is 0. The topological polar surface area (TPSA) is 0 Å². The molecule has 0 atom stereocenters. The molecule has 0 heterocycles. The van der Waals surface area contributed by atoms with Gasteiger partial charge in [0.25, 0.3) is 0 Å². The van der Waals surface area contributed by atoms with E-state index in [2.05, 4.69) is 31.2 Å². The number of hydrogen-bond donors (Lipinski definition) is 0. The van der Waals surface area contributed by atoms with Crippen molar-refractivity contribution in [3.63, 3.8) is 0 Å². The highest BCUT2D eigenvalue weighted by Crippen LogP contribution is 2.40. The minimum atomic E-state index is 0.724. The summed E-state index contributed by atoms with van der Waals surface area (Å²) >= 11 is 0. The zero-order valence-corrected chi connectivity index (χ0v) is 17.3.